The lowest BCUT2D eigenvalue weighted by Gasteiger charge is -2.29. The van der Waals surface area contributed by atoms with Crippen molar-refractivity contribution < 1.29 is 18.3 Å². The van der Waals surface area contributed by atoms with Crippen LogP contribution < -0.4 is 10.6 Å². The lowest BCUT2D eigenvalue weighted by molar-refractivity contribution is -0.137. The molecule has 0 unspecified atom stereocenters. The third-order valence-corrected chi connectivity index (χ3v) is 4.52. The van der Waals surface area contributed by atoms with E-state index in [1.807, 2.05) is 6.92 Å². The van der Waals surface area contributed by atoms with Crippen molar-refractivity contribution in [1.82, 2.24) is 15.5 Å². The highest BCUT2D eigenvalue weighted by Crippen LogP contribution is 2.29. The topological polar surface area (TPSA) is 59.9 Å². The minimum Gasteiger partial charge on any atom is -0.393 e. The van der Waals surface area contributed by atoms with Crippen LogP contribution in [0.25, 0.3) is 0 Å². The zero-order valence-corrected chi connectivity index (χ0v) is 18.5. The van der Waals surface area contributed by atoms with Gasteiger partial charge in [0.2, 0.25) is 0 Å². The van der Waals surface area contributed by atoms with Gasteiger partial charge in [0, 0.05) is 26.2 Å². The molecule has 3 N–H and O–H groups in total. The second-order valence-electron chi connectivity index (χ2n) is 6.75. The molecule has 1 aromatic carbocycles. The normalized spacial score (nSPS) is 16.5. The number of hydrogen-bond acceptors (Lipinski definition) is 3. The monoisotopic (exact) mass is 514 g/mol. The summed E-state index contributed by atoms with van der Waals surface area (Å²) in [4.78, 5) is 6.72. The van der Waals surface area contributed by atoms with Crippen LogP contribution in [0.15, 0.2) is 29.3 Å². The fourth-order valence-electron chi connectivity index (χ4n) is 3.01. The molecule has 1 aliphatic heterocycles. The molecular formula is C19H30F3IN4O. The van der Waals surface area contributed by atoms with Crippen LogP contribution in [0.5, 0.6) is 0 Å². The van der Waals surface area contributed by atoms with Crippen LogP contribution in [0.4, 0.5) is 13.2 Å². The van der Waals surface area contributed by atoms with Gasteiger partial charge < -0.3 is 20.6 Å². The number of likely N-dealkylation sites (tertiary alicyclic amines) is 1. The summed E-state index contributed by atoms with van der Waals surface area (Å²) in [6.45, 7) is 6.33. The summed E-state index contributed by atoms with van der Waals surface area (Å²) in [5.41, 5.74) is -0.131. The van der Waals surface area contributed by atoms with Crippen LogP contribution in [-0.2, 0) is 12.7 Å². The van der Waals surface area contributed by atoms with Crippen molar-refractivity contribution in [3.8, 4) is 0 Å². The number of hydrogen-bond donors (Lipinski definition) is 3. The maximum absolute atomic E-state index is 12.8. The van der Waals surface area contributed by atoms with Crippen molar-refractivity contribution in [3.63, 3.8) is 0 Å². The Morgan fingerprint density at radius 2 is 1.96 bits per heavy atom. The van der Waals surface area contributed by atoms with Crippen LogP contribution in [0, 0.1) is 0 Å². The van der Waals surface area contributed by atoms with E-state index in [-0.39, 0.29) is 36.6 Å². The second-order valence-corrected chi connectivity index (χ2v) is 6.75. The van der Waals surface area contributed by atoms with Crippen LogP contribution in [-0.4, -0.2) is 54.8 Å². The molecule has 0 aliphatic carbocycles. The lowest BCUT2D eigenvalue weighted by atomic mass is 10.1. The van der Waals surface area contributed by atoms with Crippen molar-refractivity contribution in [2.45, 2.75) is 45.0 Å². The summed E-state index contributed by atoms with van der Waals surface area (Å²) in [5, 5.41) is 15.9. The van der Waals surface area contributed by atoms with Gasteiger partial charge in [-0.1, -0.05) is 12.1 Å². The fraction of sp³-hybridized carbons (Fsp3) is 0.632. The van der Waals surface area contributed by atoms with Gasteiger partial charge in [-0.25, -0.2) is 4.99 Å². The number of piperidine rings is 1. The van der Waals surface area contributed by atoms with E-state index < -0.39 is 11.7 Å². The zero-order valence-electron chi connectivity index (χ0n) is 16.1. The summed E-state index contributed by atoms with van der Waals surface area (Å²) >= 11 is 0. The van der Waals surface area contributed by atoms with E-state index in [0.717, 1.165) is 57.6 Å². The van der Waals surface area contributed by atoms with Crippen LogP contribution in [0.3, 0.4) is 0 Å². The van der Waals surface area contributed by atoms with Gasteiger partial charge in [0.1, 0.15) is 0 Å². The van der Waals surface area contributed by atoms with Gasteiger partial charge in [0.05, 0.1) is 18.2 Å². The molecule has 0 amide bonds. The number of aliphatic hydroxyl groups excluding tert-OH is 1. The van der Waals surface area contributed by atoms with E-state index in [1.54, 1.807) is 6.07 Å². The van der Waals surface area contributed by atoms with Gasteiger partial charge in [-0.2, -0.15) is 13.2 Å². The third kappa shape index (κ3) is 8.95. The second kappa shape index (κ2) is 12.5. The van der Waals surface area contributed by atoms with Gasteiger partial charge in [-0.15, -0.1) is 24.0 Å². The first kappa shape index (κ1) is 25.0. The summed E-state index contributed by atoms with van der Waals surface area (Å²) < 4.78 is 38.4. The molecule has 0 radical (unpaired) electrons. The van der Waals surface area contributed by atoms with Gasteiger partial charge in [-0.05, 0) is 50.4 Å². The Balaban J connectivity index is 0.00000392. The molecule has 0 saturated carbocycles. The maximum Gasteiger partial charge on any atom is 0.416 e. The molecule has 0 aromatic heterocycles. The van der Waals surface area contributed by atoms with Gasteiger partial charge in [0.15, 0.2) is 5.96 Å². The first-order chi connectivity index (χ1) is 12.9. The summed E-state index contributed by atoms with van der Waals surface area (Å²) in [5.74, 6) is 0.601. The van der Waals surface area contributed by atoms with Gasteiger partial charge in [0.25, 0.3) is 0 Å². The Hall–Kier alpha value is -1.07. The highest BCUT2D eigenvalue weighted by atomic mass is 127. The molecule has 1 heterocycles. The Kier molecular flexibility index (Phi) is 11.1. The van der Waals surface area contributed by atoms with Gasteiger partial charge >= 0.3 is 6.18 Å². The SMILES string of the molecule is CCNC(=NCc1cccc(C(F)(F)F)c1)NCCCN1CCC(O)CC1.I. The van der Waals surface area contributed by atoms with E-state index in [4.69, 9.17) is 0 Å². The molecule has 160 valence electrons. The van der Waals surface area contributed by atoms with Crippen molar-refractivity contribution in [2.75, 3.05) is 32.7 Å². The number of benzene rings is 1. The molecule has 0 bridgehead atoms. The van der Waals surface area contributed by atoms with Crippen molar-refractivity contribution in [2.24, 2.45) is 4.99 Å². The number of nitrogens with zero attached hydrogens (tertiary/aromatic N) is 2. The minimum atomic E-state index is -4.34. The predicted octanol–water partition coefficient (Wildman–Crippen LogP) is 3.23. The molecule has 1 fully saturated rings. The van der Waals surface area contributed by atoms with Crippen molar-refractivity contribution in [1.29, 1.82) is 0 Å². The van der Waals surface area contributed by atoms with E-state index in [2.05, 4.69) is 20.5 Å². The van der Waals surface area contributed by atoms with E-state index in [0.29, 0.717) is 18.1 Å². The minimum absolute atomic E-state index is 0. The molecule has 0 atom stereocenters. The van der Waals surface area contributed by atoms with E-state index in [9.17, 15) is 18.3 Å². The highest BCUT2D eigenvalue weighted by Gasteiger charge is 2.30. The number of aliphatic hydroxyl groups is 1. The number of guanidine groups is 1. The maximum atomic E-state index is 12.8. The molecule has 9 heteroatoms. The first-order valence-electron chi connectivity index (χ1n) is 9.47. The summed E-state index contributed by atoms with van der Waals surface area (Å²) in [6, 6.07) is 5.25. The molecule has 2 rings (SSSR count). The Bertz CT molecular complexity index is 605. The van der Waals surface area contributed by atoms with Gasteiger partial charge in [-0.3, -0.25) is 0 Å². The summed E-state index contributed by atoms with van der Waals surface area (Å²) in [6.07, 6.45) is -1.91. The number of halogens is 4. The Labute approximate surface area is 181 Å². The number of rotatable bonds is 7. The smallest absolute Gasteiger partial charge is 0.393 e. The van der Waals surface area contributed by atoms with Crippen LogP contribution in [0.1, 0.15) is 37.3 Å². The molecule has 1 aromatic rings. The fourth-order valence-corrected chi connectivity index (χ4v) is 3.01. The van der Waals surface area contributed by atoms with E-state index in [1.165, 1.54) is 6.07 Å². The summed E-state index contributed by atoms with van der Waals surface area (Å²) in [7, 11) is 0. The predicted molar refractivity (Wildman–Crippen MR) is 116 cm³/mol. The molecule has 5 nitrogen and oxygen atoms in total. The Morgan fingerprint density at radius 3 is 2.61 bits per heavy atom. The number of aliphatic imine (C=N–C) groups is 1. The largest absolute Gasteiger partial charge is 0.416 e. The third-order valence-electron chi connectivity index (χ3n) is 4.52. The molecular weight excluding hydrogens is 484 g/mol. The molecule has 0 spiro atoms. The molecule has 1 saturated heterocycles. The standard InChI is InChI=1S/C19H29F3N4O.HI/c1-2-23-18(24-9-4-10-26-11-7-17(27)8-12-26)25-14-15-5-3-6-16(13-15)19(20,21)22;/h3,5-6,13,17,27H,2,4,7-12,14H2,1H3,(H2,23,24,25);1H. The van der Waals surface area contributed by atoms with Crippen molar-refractivity contribution in [3.05, 3.63) is 35.4 Å². The lowest BCUT2D eigenvalue weighted by Crippen LogP contribution is -2.40. The average molecular weight is 514 g/mol. The first-order valence-corrected chi connectivity index (χ1v) is 9.47. The van der Waals surface area contributed by atoms with Crippen molar-refractivity contribution >= 4 is 29.9 Å². The number of nitrogens with one attached hydrogen (secondary N) is 2. The molecule has 1 aliphatic rings. The average Bonchev–Trinajstić information content (AvgIpc) is 2.64. The zero-order chi connectivity index (χ0) is 19.7. The van der Waals surface area contributed by atoms with Crippen LogP contribution >= 0.6 is 24.0 Å². The van der Waals surface area contributed by atoms with Crippen LogP contribution in [0.2, 0.25) is 0 Å². The number of alkyl halides is 3. The Morgan fingerprint density at radius 1 is 1.25 bits per heavy atom. The highest BCUT2D eigenvalue weighted by molar-refractivity contribution is 14.0. The molecule has 28 heavy (non-hydrogen) atoms. The quantitative estimate of drug-likeness (QED) is 0.227. The van der Waals surface area contributed by atoms with E-state index >= 15 is 0 Å².